The Kier molecular flexibility index (Phi) is 21.0. The number of amides is 7. The minimum absolute atomic E-state index is 0.0665. The molecule has 2 unspecified atom stereocenters. The van der Waals surface area contributed by atoms with Gasteiger partial charge in [0.05, 0.1) is 32.3 Å². The van der Waals surface area contributed by atoms with Gasteiger partial charge in [0.15, 0.2) is 6.04 Å². The van der Waals surface area contributed by atoms with Crippen molar-refractivity contribution in [1.82, 2.24) is 30.7 Å². The minimum Gasteiger partial charge on any atom is -0.464 e. The van der Waals surface area contributed by atoms with E-state index in [4.69, 9.17) is 18.9 Å². The number of nitrogens with zero attached hydrogens (tertiary/aromatic N) is 4. The number of ether oxygens (including phenoxy) is 4. The van der Waals surface area contributed by atoms with Crippen molar-refractivity contribution in [1.29, 1.82) is 0 Å². The van der Waals surface area contributed by atoms with E-state index in [9.17, 15) is 33.6 Å². The average Bonchev–Trinajstić information content (AvgIpc) is 3.40. The maximum absolute atomic E-state index is 14.2. The van der Waals surface area contributed by atoms with Crippen LogP contribution in [-0.4, -0.2) is 134 Å². The van der Waals surface area contributed by atoms with Crippen molar-refractivity contribution in [3.8, 4) is 0 Å². The van der Waals surface area contributed by atoms with Crippen molar-refractivity contribution in [2.45, 2.75) is 160 Å². The number of urea groups is 1. The first kappa shape index (κ1) is 53.4. The van der Waals surface area contributed by atoms with Gasteiger partial charge in [-0.3, -0.25) is 25.2 Å². The number of β-lactam (4-membered cyclic amide) rings is 1. The third-order valence-corrected chi connectivity index (χ3v) is 15.5. The molecule has 3 N–H and O–H groups in total. The number of piperazine rings is 1. The molecule has 2 aliphatic heterocycles. The number of rotatable bonds is 17. The predicted molar refractivity (Wildman–Crippen MR) is 264 cm³/mol. The normalized spacial score (nSPS) is 22.0. The standard InChI is InChI=1S/C53H79N7O11/c61-46-43(27-16-28-54-49(56-51(65)70-36-41-23-12-4-13-24-41)57-52(66)71-37-42-25-14-5-15-26-42)45(48(63)68-34-39-19-8-2-9-20-39)60(46)53(67)59-31-29-58(30-32-59)47(62)44(33-38-17-6-1-7-18-38)55-50(64)69-35-40-21-10-3-11-22-40/h1,6-7,17-18,39-45H,2-5,8-16,19-37H2,(H,55,64)(H2,54,56,57,65,66)/t43-,44?,45?/m1/s1. The molecule has 0 spiro atoms. The lowest BCUT2D eigenvalue weighted by Gasteiger charge is -2.47. The molecule has 1 aromatic carbocycles. The number of nitrogens with one attached hydrogen (secondary N) is 3. The molecule has 7 rings (SSSR count). The van der Waals surface area contributed by atoms with Crippen LogP contribution in [0.15, 0.2) is 35.3 Å². The van der Waals surface area contributed by atoms with Gasteiger partial charge in [-0.15, -0.1) is 0 Å². The third-order valence-electron chi connectivity index (χ3n) is 15.5. The Labute approximate surface area is 419 Å². The zero-order valence-corrected chi connectivity index (χ0v) is 41.8. The highest BCUT2D eigenvalue weighted by atomic mass is 16.6. The highest BCUT2D eigenvalue weighted by Crippen LogP contribution is 2.34. The molecule has 1 aromatic rings. The van der Waals surface area contributed by atoms with Gasteiger partial charge in [0, 0.05) is 39.1 Å². The van der Waals surface area contributed by atoms with E-state index in [0.717, 1.165) is 120 Å². The molecule has 18 nitrogen and oxygen atoms in total. The SMILES string of the molecule is O=C(NC(=NCCC[C@H]1C(=O)N(C(=O)N2CCN(C(=O)C(Cc3ccccc3)NC(=O)OCC3CCCCC3)CC2)C1C(=O)OCC1CCCCC1)NC(=O)OCC1CCCCC1)OCC1CCCCC1. The summed E-state index contributed by atoms with van der Waals surface area (Å²) in [6.45, 7) is 1.64. The molecule has 6 fully saturated rings. The molecule has 0 bridgehead atoms. The Balaban J connectivity index is 0.953. The molecule has 392 valence electrons. The number of esters is 1. The second kappa shape index (κ2) is 28.0. The number of hydrogen-bond acceptors (Lipinski definition) is 12. The second-order valence-electron chi connectivity index (χ2n) is 20.8. The van der Waals surface area contributed by atoms with Gasteiger partial charge in [0.25, 0.3) is 0 Å². The lowest BCUT2D eigenvalue weighted by molar-refractivity contribution is -0.171. The van der Waals surface area contributed by atoms with Gasteiger partial charge in [-0.2, -0.15) is 0 Å². The summed E-state index contributed by atoms with van der Waals surface area (Å²) in [4.78, 5) is 104. The number of imide groups is 1. The molecular formula is C53H79N7O11. The van der Waals surface area contributed by atoms with E-state index in [1.54, 1.807) is 4.90 Å². The number of guanidine groups is 1. The van der Waals surface area contributed by atoms with Crippen molar-refractivity contribution in [3.05, 3.63) is 35.9 Å². The van der Waals surface area contributed by atoms with Gasteiger partial charge in [0.1, 0.15) is 6.04 Å². The van der Waals surface area contributed by atoms with Crippen LogP contribution in [0.4, 0.5) is 19.2 Å². The number of benzene rings is 1. The second-order valence-corrected chi connectivity index (χ2v) is 20.8. The van der Waals surface area contributed by atoms with Gasteiger partial charge in [-0.25, -0.2) is 28.9 Å². The summed E-state index contributed by atoms with van der Waals surface area (Å²) >= 11 is 0. The van der Waals surface area contributed by atoms with Crippen LogP contribution in [0.25, 0.3) is 0 Å². The molecule has 4 saturated carbocycles. The highest BCUT2D eigenvalue weighted by molar-refractivity contribution is 6.08. The van der Waals surface area contributed by atoms with E-state index in [2.05, 4.69) is 20.9 Å². The topological polar surface area (TPSA) is 215 Å². The van der Waals surface area contributed by atoms with Crippen molar-refractivity contribution in [3.63, 3.8) is 0 Å². The summed E-state index contributed by atoms with van der Waals surface area (Å²) in [5.41, 5.74) is 0.870. The molecule has 18 heteroatoms. The van der Waals surface area contributed by atoms with E-state index < -0.39 is 54.2 Å². The molecule has 7 amide bonds. The van der Waals surface area contributed by atoms with Crippen LogP contribution in [0.3, 0.4) is 0 Å². The van der Waals surface area contributed by atoms with Crippen LogP contribution in [0.1, 0.15) is 147 Å². The monoisotopic (exact) mass is 990 g/mol. The smallest absolute Gasteiger partial charge is 0.413 e. The number of carbonyl (C=O) groups excluding carboxylic acids is 7. The fourth-order valence-electron chi connectivity index (χ4n) is 11.2. The fraction of sp³-hybridized carbons (Fsp3) is 0.736. The van der Waals surface area contributed by atoms with E-state index in [-0.39, 0.29) is 101 Å². The minimum atomic E-state index is -1.15. The molecule has 4 aliphatic carbocycles. The molecular weight excluding hydrogens is 911 g/mol. The summed E-state index contributed by atoms with van der Waals surface area (Å²) in [5.74, 6) is -1.35. The quantitative estimate of drug-likeness (QED) is 0.0341. The number of hydrogen-bond donors (Lipinski definition) is 3. The Morgan fingerprint density at radius 3 is 1.52 bits per heavy atom. The van der Waals surface area contributed by atoms with Gasteiger partial charge in [-0.05, 0) is 93.4 Å². The number of likely N-dealkylation sites (tertiary alicyclic amines) is 1. The summed E-state index contributed by atoms with van der Waals surface area (Å²) in [6, 6.07) is 6.75. The number of alkyl carbamates (subject to hydrolysis) is 3. The predicted octanol–water partition coefficient (Wildman–Crippen LogP) is 7.87. The van der Waals surface area contributed by atoms with E-state index in [1.807, 2.05) is 30.3 Å². The molecule has 71 heavy (non-hydrogen) atoms. The van der Waals surface area contributed by atoms with E-state index in [1.165, 1.54) is 24.2 Å². The summed E-state index contributed by atoms with van der Waals surface area (Å²) in [7, 11) is 0. The lowest BCUT2D eigenvalue weighted by Crippen LogP contribution is -2.70. The van der Waals surface area contributed by atoms with Gasteiger partial charge >= 0.3 is 30.3 Å². The first-order valence-electron chi connectivity index (χ1n) is 27.1. The first-order chi connectivity index (χ1) is 34.6. The lowest BCUT2D eigenvalue weighted by atomic mass is 9.83. The number of carbonyl (C=O) groups is 7. The first-order valence-corrected chi connectivity index (χ1v) is 27.1. The van der Waals surface area contributed by atoms with Crippen molar-refractivity contribution in [2.24, 2.45) is 34.6 Å². The zero-order valence-electron chi connectivity index (χ0n) is 41.8. The van der Waals surface area contributed by atoms with Crippen LogP contribution in [0, 0.1) is 29.6 Å². The van der Waals surface area contributed by atoms with E-state index in [0.29, 0.717) is 12.5 Å². The van der Waals surface area contributed by atoms with Crippen LogP contribution >= 0.6 is 0 Å². The Bertz CT molecular complexity index is 1900. The Hall–Kier alpha value is -5.42. The maximum Gasteiger partial charge on any atom is 0.413 e. The Morgan fingerprint density at radius 2 is 1.03 bits per heavy atom. The summed E-state index contributed by atoms with van der Waals surface area (Å²) < 4.78 is 22.5. The Morgan fingerprint density at radius 1 is 0.577 bits per heavy atom. The van der Waals surface area contributed by atoms with Gasteiger partial charge in [-0.1, -0.05) is 107 Å². The van der Waals surface area contributed by atoms with Crippen molar-refractivity contribution in [2.75, 3.05) is 59.2 Å². The summed E-state index contributed by atoms with van der Waals surface area (Å²) in [5, 5.41) is 7.95. The largest absolute Gasteiger partial charge is 0.464 e. The molecule has 3 atom stereocenters. The van der Waals surface area contributed by atoms with Crippen LogP contribution < -0.4 is 16.0 Å². The van der Waals surface area contributed by atoms with Crippen LogP contribution in [-0.2, 0) is 39.8 Å². The highest BCUT2D eigenvalue weighted by Gasteiger charge is 2.56. The van der Waals surface area contributed by atoms with Crippen LogP contribution in [0.2, 0.25) is 0 Å². The molecule has 0 aromatic heterocycles. The summed E-state index contributed by atoms with van der Waals surface area (Å²) in [6.07, 6.45) is 19.9. The third kappa shape index (κ3) is 16.6. The molecule has 2 saturated heterocycles. The van der Waals surface area contributed by atoms with Gasteiger partial charge < -0.3 is 34.1 Å². The molecule has 2 heterocycles. The van der Waals surface area contributed by atoms with Crippen molar-refractivity contribution < 1.29 is 52.5 Å². The van der Waals surface area contributed by atoms with Crippen LogP contribution in [0.5, 0.6) is 0 Å². The molecule has 0 radical (unpaired) electrons. The fourth-order valence-corrected chi connectivity index (χ4v) is 11.2. The number of aliphatic imine (C=N–C) groups is 1. The average molecular weight is 990 g/mol. The van der Waals surface area contributed by atoms with Gasteiger partial charge in [0.2, 0.25) is 17.8 Å². The maximum atomic E-state index is 14.2. The molecule has 6 aliphatic rings. The van der Waals surface area contributed by atoms with Crippen molar-refractivity contribution >= 4 is 48.1 Å². The zero-order chi connectivity index (χ0) is 49.8. The van der Waals surface area contributed by atoms with E-state index >= 15 is 0 Å².